The van der Waals surface area contributed by atoms with Crippen LogP contribution in [0.1, 0.15) is 42.1 Å². The Morgan fingerprint density at radius 2 is 2.00 bits per heavy atom. The standard InChI is InChI=1S/C22H30N6O2.HI/c1-5-24-21(26-13-22(4,29)20-9-16(2)30-17(20)3)25-11-18-7-6-8-19(10-18)12-28-15-23-14-27-28;/h6-10,14-15,29H,5,11-13H2,1-4H3,(H2,24,25,26);1H. The van der Waals surface area contributed by atoms with Crippen LogP contribution in [0.5, 0.6) is 0 Å². The topological polar surface area (TPSA) is 100 Å². The Bertz CT molecular complexity index is 982. The van der Waals surface area contributed by atoms with Gasteiger partial charge in [-0.2, -0.15) is 5.10 Å². The van der Waals surface area contributed by atoms with Crippen molar-refractivity contribution < 1.29 is 9.52 Å². The van der Waals surface area contributed by atoms with E-state index in [0.29, 0.717) is 25.6 Å². The molecule has 0 aliphatic rings. The van der Waals surface area contributed by atoms with Gasteiger partial charge in [0.1, 0.15) is 29.8 Å². The first-order valence-corrected chi connectivity index (χ1v) is 10.1. The third-order valence-corrected chi connectivity index (χ3v) is 4.79. The van der Waals surface area contributed by atoms with Gasteiger partial charge in [0.05, 0.1) is 19.6 Å². The van der Waals surface area contributed by atoms with Gasteiger partial charge in [0.2, 0.25) is 0 Å². The molecule has 168 valence electrons. The maximum absolute atomic E-state index is 10.9. The lowest BCUT2D eigenvalue weighted by molar-refractivity contribution is 0.0601. The molecule has 0 bridgehead atoms. The van der Waals surface area contributed by atoms with Crippen molar-refractivity contribution in [3.05, 3.63) is 71.2 Å². The molecule has 0 spiro atoms. The quantitative estimate of drug-likeness (QED) is 0.232. The SMILES string of the molecule is CCNC(=NCc1cccc(Cn2cncn2)c1)NCC(C)(O)c1cc(C)oc1C.I. The van der Waals surface area contributed by atoms with Crippen LogP contribution in [0.25, 0.3) is 0 Å². The van der Waals surface area contributed by atoms with Gasteiger partial charge in [-0.05, 0) is 44.9 Å². The molecule has 2 aromatic heterocycles. The summed E-state index contributed by atoms with van der Waals surface area (Å²) in [5.74, 6) is 2.16. The monoisotopic (exact) mass is 538 g/mol. The Labute approximate surface area is 200 Å². The van der Waals surface area contributed by atoms with E-state index in [4.69, 9.17) is 4.42 Å². The average Bonchev–Trinajstić information content (AvgIpc) is 3.33. The fourth-order valence-electron chi connectivity index (χ4n) is 3.36. The molecule has 0 aliphatic heterocycles. The minimum absolute atomic E-state index is 0. The summed E-state index contributed by atoms with van der Waals surface area (Å²) in [5, 5.41) is 21.5. The lowest BCUT2D eigenvalue weighted by Gasteiger charge is -2.24. The molecular weight excluding hydrogens is 507 g/mol. The Morgan fingerprint density at radius 1 is 1.23 bits per heavy atom. The molecule has 1 aromatic carbocycles. The van der Waals surface area contributed by atoms with Gasteiger partial charge in [0, 0.05) is 12.1 Å². The zero-order valence-corrected chi connectivity index (χ0v) is 20.8. The number of aliphatic imine (C=N–C) groups is 1. The highest BCUT2D eigenvalue weighted by atomic mass is 127. The molecule has 0 aliphatic carbocycles. The van der Waals surface area contributed by atoms with E-state index in [-0.39, 0.29) is 24.0 Å². The van der Waals surface area contributed by atoms with Gasteiger partial charge in [-0.3, -0.25) is 0 Å². The Morgan fingerprint density at radius 3 is 2.65 bits per heavy atom. The van der Waals surface area contributed by atoms with Crippen LogP contribution in [0.4, 0.5) is 0 Å². The summed E-state index contributed by atoms with van der Waals surface area (Å²) >= 11 is 0. The van der Waals surface area contributed by atoms with Gasteiger partial charge < -0.3 is 20.2 Å². The second kappa shape index (κ2) is 11.3. The third kappa shape index (κ3) is 7.06. The maximum Gasteiger partial charge on any atom is 0.191 e. The highest BCUT2D eigenvalue weighted by Gasteiger charge is 2.27. The highest BCUT2D eigenvalue weighted by Crippen LogP contribution is 2.26. The summed E-state index contributed by atoms with van der Waals surface area (Å²) in [4.78, 5) is 8.65. The number of aromatic nitrogens is 3. The van der Waals surface area contributed by atoms with E-state index in [1.54, 1.807) is 17.9 Å². The van der Waals surface area contributed by atoms with Gasteiger partial charge in [0.25, 0.3) is 0 Å². The Kier molecular flexibility index (Phi) is 9.05. The third-order valence-electron chi connectivity index (χ3n) is 4.79. The van der Waals surface area contributed by atoms with Crippen LogP contribution in [0, 0.1) is 13.8 Å². The van der Waals surface area contributed by atoms with Crippen molar-refractivity contribution in [1.82, 2.24) is 25.4 Å². The Hall–Kier alpha value is -2.40. The summed E-state index contributed by atoms with van der Waals surface area (Å²) in [6, 6.07) is 10.1. The maximum atomic E-state index is 10.9. The van der Waals surface area contributed by atoms with E-state index in [1.165, 1.54) is 6.33 Å². The van der Waals surface area contributed by atoms with Crippen LogP contribution in [0.3, 0.4) is 0 Å². The number of guanidine groups is 1. The summed E-state index contributed by atoms with van der Waals surface area (Å²) in [5.41, 5.74) is 1.94. The van der Waals surface area contributed by atoms with Crippen LogP contribution >= 0.6 is 24.0 Å². The zero-order chi connectivity index (χ0) is 21.6. The molecule has 3 aromatic rings. The summed E-state index contributed by atoms with van der Waals surface area (Å²) in [6.07, 6.45) is 3.23. The largest absolute Gasteiger partial charge is 0.466 e. The number of aryl methyl sites for hydroxylation is 2. The minimum Gasteiger partial charge on any atom is -0.466 e. The van der Waals surface area contributed by atoms with E-state index in [0.717, 1.165) is 34.8 Å². The molecule has 0 saturated carbocycles. The van der Waals surface area contributed by atoms with Crippen LogP contribution < -0.4 is 10.6 Å². The summed E-state index contributed by atoms with van der Waals surface area (Å²) in [6.45, 7) is 9.75. The van der Waals surface area contributed by atoms with Gasteiger partial charge >= 0.3 is 0 Å². The zero-order valence-electron chi connectivity index (χ0n) is 18.4. The predicted octanol–water partition coefficient (Wildman–Crippen LogP) is 3.12. The average molecular weight is 538 g/mol. The Balaban J connectivity index is 0.00000341. The number of hydrogen-bond acceptors (Lipinski definition) is 5. The van der Waals surface area contributed by atoms with Crippen molar-refractivity contribution in [1.29, 1.82) is 0 Å². The molecule has 3 N–H and O–H groups in total. The predicted molar refractivity (Wildman–Crippen MR) is 132 cm³/mol. The van der Waals surface area contributed by atoms with Crippen molar-refractivity contribution in [2.45, 2.75) is 46.4 Å². The van der Waals surface area contributed by atoms with Crippen LogP contribution in [-0.4, -0.2) is 38.9 Å². The van der Waals surface area contributed by atoms with E-state index < -0.39 is 5.60 Å². The van der Waals surface area contributed by atoms with Gasteiger partial charge in [0.15, 0.2) is 5.96 Å². The van der Waals surface area contributed by atoms with Crippen molar-refractivity contribution in [2.75, 3.05) is 13.1 Å². The number of hydrogen-bond donors (Lipinski definition) is 3. The molecule has 0 amide bonds. The van der Waals surface area contributed by atoms with Crippen LogP contribution in [0.15, 0.2) is 52.4 Å². The fourth-order valence-corrected chi connectivity index (χ4v) is 3.36. The number of nitrogens with one attached hydrogen (secondary N) is 2. The van der Waals surface area contributed by atoms with E-state index in [2.05, 4.69) is 37.8 Å². The van der Waals surface area contributed by atoms with Crippen LogP contribution in [0.2, 0.25) is 0 Å². The molecule has 3 rings (SSSR count). The lowest BCUT2D eigenvalue weighted by Crippen LogP contribution is -2.44. The highest BCUT2D eigenvalue weighted by molar-refractivity contribution is 14.0. The molecule has 0 fully saturated rings. The van der Waals surface area contributed by atoms with Crippen molar-refractivity contribution in [3.8, 4) is 0 Å². The molecule has 0 radical (unpaired) electrons. The number of nitrogens with zero attached hydrogens (tertiary/aromatic N) is 4. The smallest absolute Gasteiger partial charge is 0.191 e. The molecule has 31 heavy (non-hydrogen) atoms. The molecule has 1 unspecified atom stereocenters. The summed E-state index contributed by atoms with van der Waals surface area (Å²) < 4.78 is 7.35. The second-order valence-electron chi connectivity index (χ2n) is 7.56. The number of benzene rings is 1. The van der Waals surface area contributed by atoms with Gasteiger partial charge in [-0.1, -0.05) is 24.3 Å². The normalized spacial score (nSPS) is 13.4. The molecule has 9 heteroatoms. The van der Waals surface area contributed by atoms with Crippen molar-refractivity contribution >= 4 is 29.9 Å². The molecule has 8 nitrogen and oxygen atoms in total. The lowest BCUT2D eigenvalue weighted by atomic mass is 9.96. The second-order valence-corrected chi connectivity index (χ2v) is 7.56. The minimum atomic E-state index is -1.07. The fraction of sp³-hybridized carbons (Fsp3) is 0.409. The first-order valence-electron chi connectivity index (χ1n) is 10.1. The van der Waals surface area contributed by atoms with E-state index in [1.807, 2.05) is 39.0 Å². The van der Waals surface area contributed by atoms with Crippen molar-refractivity contribution in [3.63, 3.8) is 0 Å². The molecule has 2 heterocycles. The van der Waals surface area contributed by atoms with Crippen LogP contribution in [-0.2, 0) is 18.7 Å². The number of furan rings is 1. The van der Waals surface area contributed by atoms with Gasteiger partial charge in [-0.25, -0.2) is 14.7 Å². The molecule has 1 atom stereocenters. The molecular formula is C22H31IN6O2. The first kappa shape index (κ1) is 24.9. The van der Waals surface area contributed by atoms with E-state index >= 15 is 0 Å². The molecule has 0 saturated heterocycles. The number of halogens is 1. The first-order chi connectivity index (χ1) is 14.4. The van der Waals surface area contributed by atoms with E-state index in [9.17, 15) is 5.11 Å². The van der Waals surface area contributed by atoms with Crippen molar-refractivity contribution in [2.24, 2.45) is 4.99 Å². The van der Waals surface area contributed by atoms with Gasteiger partial charge in [-0.15, -0.1) is 24.0 Å². The number of rotatable bonds is 8. The summed E-state index contributed by atoms with van der Waals surface area (Å²) in [7, 11) is 0. The number of aliphatic hydroxyl groups is 1.